The maximum atomic E-state index is 12.6. The third-order valence-corrected chi connectivity index (χ3v) is 6.67. The fraction of sp³-hybridized carbons (Fsp3) is 0.400. The summed E-state index contributed by atoms with van der Waals surface area (Å²) in [6.45, 7) is 10.3. The third-order valence-electron chi connectivity index (χ3n) is 4.58. The van der Waals surface area contributed by atoms with E-state index in [-0.39, 0.29) is 18.3 Å². The number of ether oxygens (including phenoxy) is 1. The number of thioether (sulfide) groups is 1. The predicted molar refractivity (Wildman–Crippen MR) is 117 cm³/mol. The molecule has 8 nitrogen and oxygen atoms in total. The zero-order valence-corrected chi connectivity index (χ0v) is 19.2. The van der Waals surface area contributed by atoms with E-state index in [0.717, 1.165) is 21.8 Å². The van der Waals surface area contributed by atoms with Crippen molar-refractivity contribution < 1.29 is 18.7 Å². The molecule has 0 radical (unpaired) electrons. The Kier molecular flexibility index (Phi) is 6.99. The molecule has 1 amide bonds. The van der Waals surface area contributed by atoms with Crippen molar-refractivity contribution in [2.75, 3.05) is 17.7 Å². The zero-order valence-electron chi connectivity index (χ0n) is 17.6. The van der Waals surface area contributed by atoms with Crippen LogP contribution in [0.3, 0.4) is 0 Å². The van der Waals surface area contributed by atoms with Gasteiger partial charge in [-0.1, -0.05) is 11.8 Å². The van der Waals surface area contributed by atoms with Gasteiger partial charge in [-0.15, -0.1) is 21.5 Å². The molecule has 0 unspecified atom stereocenters. The third kappa shape index (κ3) is 4.44. The van der Waals surface area contributed by atoms with Crippen molar-refractivity contribution >= 4 is 40.0 Å². The Bertz CT molecular complexity index is 1070. The molecule has 0 bridgehead atoms. The van der Waals surface area contributed by atoms with Crippen LogP contribution in [-0.4, -0.2) is 39.0 Å². The van der Waals surface area contributed by atoms with Gasteiger partial charge in [0.05, 0.1) is 29.7 Å². The van der Waals surface area contributed by atoms with Gasteiger partial charge in [0.15, 0.2) is 11.0 Å². The number of aromatic nitrogens is 3. The minimum absolute atomic E-state index is 0.140. The Morgan fingerprint density at radius 3 is 2.67 bits per heavy atom. The maximum Gasteiger partial charge on any atom is 0.341 e. The second kappa shape index (κ2) is 9.48. The van der Waals surface area contributed by atoms with Gasteiger partial charge in [-0.25, -0.2) is 4.79 Å². The van der Waals surface area contributed by atoms with Crippen molar-refractivity contribution in [2.45, 2.75) is 46.3 Å². The number of carbonyl (C=O) groups is 2. The van der Waals surface area contributed by atoms with Crippen LogP contribution in [0.25, 0.3) is 11.4 Å². The molecule has 0 aliphatic rings. The number of carbonyl (C=O) groups excluding carboxylic acids is 2. The summed E-state index contributed by atoms with van der Waals surface area (Å²) < 4.78 is 12.4. The van der Waals surface area contributed by atoms with E-state index in [9.17, 15) is 9.59 Å². The molecule has 0 saturated carbocycles. The average molecular weight is 449 g/mol. The molecule has 0 aliphatic carbocycles. The van der Waals surface area contributed by atoms with Gasteiger partial charge in [0.2, 0.25) is 5.91 Å². The first-order valence-electron chi connectivity index (χ1n) is 9.54. The van der Waals surface area contributed by atoms with Crippen LogP contribution in [0.1, 0.15) is 40.4 Å². The van der Waals surface area contributed by atoms with Crippen molar-refractivity contribution in [1.29, 1.82) is 0 Å². The van der Waals surface area contributed by atoms with Crippen LogP contribution in [0.5, 0.6) is 0 Å². The van der Waals surface area contributed by atoms with Crippen LogP contribution >= 0.6 is 23.1 Å². The van der Waals surface area contributed by atoms with E-state index in [2.05, 4.69) is 15.5 Å². The molecule has 0 aliphatic heterocycles. The standard InChI is InChI=1S/C20H24N4O4S2/c1-6-24-17(14-8-9-28-12(14)4)22-23-20(24)29-10-15(25)21-18-16(19(26)27-7-2)11(3)13(5)30-18/h8-9H,6-7,10H2,1-5H3,(H,21,25). The number of nitrogens with zero attached hydrogens (tertiary/aromatic N) is 3. The number of furan rings is 1. The lowest BCUT2D eigenvalue weighted by atomic mass is 10.1. The highest BCUT2D eigenvalue weighted by Crippen LogP contribution is 2.33. The lowest BCUT2D eigenvalue weighted by Crippen LogP contribution is -2.17. The van der Waals surface area contributed by atoms with Crippen molar-refractivity contribution in [2.24, 2.45) is 0 Å². The van der Waals surface area contributed by atoms with Crippen LogP contribution < -0.4 is 5.32 Å². The number of rotatable bonds is 8. The SMILES string of the molecule is CCOC(=O)c1c(NC(=O)CSc2nnc(-c3ccoc3C)n2CC)sc(C)c1C. The Balaban J connectivity index is 1.72. The molecule has 1 N–H and O–H groups in total. The molecule has 0 fully saturated rings. The minimum Gasteiger partial charge on any atom is -0.469 e. The van der Waals surface area contributed by atoms with Gasteiger partial charge in [0.25, 0.3) is 0 Å². The van der Waals surface area contributed by atoms with Crippen LogP contribution in [-0.2, 0) is 16.1 Å². The largest absolute Gasteiger partial charge is 0.469 e. The summed E-state index contributed by atoms with van der Waals surface area (Å²) in [6, 6.07) is 1.85. The fourth-order valence-electron chi connectivity index (χ4n) is 2.95. The van der Waals surface area contributed by atoms with Gasteiger partial charge in [-0.2, -0.15) is 0 Å². The fourth-order valence-corrected chi connectivity index (χ4v) is 4.82. The number of aryl methyl sites for hydroxylation is 2. The molecule has 3 heterocycles. The molecule has 0 saturated heterocycles. The molecule has 3 rings (SSSR count). The molecule has 10 heteroatoms. The first-order chi connectivity index (χ1) is 14.4. The Labute approximate surface area is 183 Å². The second-order valence-corrected chi connectivity index (χ2v) is 8.65. The van der Waals surface area contributed by atoms with E-state index < -0.39 is 5.97 Å². The topological polar surface area (TPSA) is 99.2 Å². The van der Waals surface area contributed by atoms with Crippen molar-refractivity contribution in [3.05, 3.63) is 34.1 Å². The number of nitrogens with one attached hydrogen (secondary N) is 1. The molecule has 3 aromatic heterocycles. The molecule has 30 heavy (non-hydrogen) atoms. The van der Waals surface area contributed by atoms with E-state index in [0.29, 0.717) is 28.1 Å². The lowest BCUT2D eigenvalue weighted by Gasteiger charge is -2.08. The Morgan fingerprint density at radius 1 is 1.27 bits per heavy atom. The van der Waals surface area contributed by atoms with E-state index in [1.165, 1.54) is 23.1 Å². The first-order valence-corrected chi connectivity index (χ1v) is 11.3. The van der Waals surface area contributed by atoms with Crippen molar-refractivity contribution in [3.8, 4) is 11.4 Å². The molecule has 0 spiro atoms. The van der Waals surface area contributed by atoms with Crippen molar-refractivity contribution in [1.82, 2.24) is 14.8 Å². The van der Waals surface area contributed by atoms with Gasteiger partial charge in [0.1, 0.15) is 10.8 Å². The van der Waals surface area contributed by atoms with Gasteiger partial charge in [-0.3, -0.25) is 4.79 Å². The lowest BCUT2D eigenvalue weighted by molar-refractivity contribution is -0.113. The molecule has 3 aromatic rings. The Hall–Kier alpha value is -2.59. The summed E-state index contributed by atoms with van der Waals surface area (Å²) >= 11 is 2.66. The summed E-state index contributed by atoms with van der Waals surface area (Å²) in [4.78, 5) is 25.8. The number of amides is 1. The monoisotopic (exact) mass is 448 g/mol. The Morgan fingerprint density at radius 2 is 2.03 bits per heavy atom. The highest BCUT2D eigenvalue weighted by atomic mass is 32.2. The number of anilines is 1. The molecule has 0 atom stereocenters. The number of hydrogen-bond donors (Lipinski definition) is 1. The maximum absolute atomic E-state index is 12.6. The first kappa shape index (κ1) is 22.1. The normalized spacial score (nSPS) is 11.0. The van der Waals surface area contributed by atoms with Crippen LogP contribution in [0, 0.1) is 20.8 Å². The quantitative estimate of drug-likeness (QED) is 0.401. The molecular weight excluding hydrogens is 424 g/mol. The van der Waals surface area contributed by atoms with E-state index >= 15 is 0 Å². The molecule has 160 valence electrons. The zero-order chi connectivity index (χ0) is 21.8. The van der Waals surface area contributed by atoms with Crippen LogP contribution in [0.15, 0.2) is 21.9 Å². The van der Waals surface area contributed by atoms with E-state index in [1.54, 1.807) is 13.2 Å². The van der Waals surface area contributed by atoms with Crippen molar-refractivity contribution in [3.63, 3.8) is 0 Å². The van der Waals surface area contributed by atoms with Crippen LogP contribution in [0.4, 0.5) is 5.00 Å². The smallest absolute Gasteiger partial charge is 0.341 e. The van der Waals surface area contributed by atoms with Gasteiger partial charge in [-0.05, 0) is 46.2 Å². The van der Waals surface area contributed by atoms with Gasteiger partial charge < -0.3 is 19.0 Å². The van der Waals surface area contributed by atoms with E-state index in [1.807, 2.05) is 38.3 Å². The summed E-state index contributed by atoms with van der Waals surface area (Å²) in [5, 5.41) is 12.5. The van der Waals surface area contributed by atoms with Gasteiger partial charge >= 0.3 is 5.97 Å². The highest BCUT2D eigenvalue weighted by Gasteiger charge is 2.23. The molecule has 0 aromatic carbocycles. The summed E-state index contributed by atoms with van der Waals surface area (Å²) in [7, 11) is 0. The molecular formula is C20H24N4O4S2. The number of thiophene rings is 1. The van der Waals surface area contributed by atoms with Crippen LogP contribution in [0.2, 0.25) is 0 Å². The predicted octanol–water partition coefficient (Wildman–Crippen LogP) is 4.45. The van der Waals surface area contributed by atoms with E-state index in [4.69, 9.17) is 9.15 Å². The summed E-state index contributed by atoms with van der Waals surface area (Å²) in [6.07, 6.45) is 1.62. The number of hydrogen-bond acceptors (Lipinski definition) is 8. The average Bonchev–Trinajstić information content (AvgIpc) is 3.37. The number of esters is 1. The summed E-state index contributed by atoms with van der Waals surface area (Å²) in [5.41, 5.74) is 2.13. The summed E-state index contributed by atoms with van der Waals surface area (Å²) in [5.74, 6) is 0.967. The minimum atomic E-state index is -0.423. The second-order valence-electron chi connectivity index (χ2n) is 6.49. The van der Waals surface area contributed by atoms with Gasteiger partial charge in [0, 0.05) is 11.4 Å². The highest BCUT2D eigenvalue weighted by molar-refractivity contribution is 7.99.